The van der Waals surface area contributed by atoms with Crippen LogP contribution in [-0.4, -0.2) is 45.7 Å². The molecule has 3 heterocycles. The number of para-hydroxylation sites is 1. The minimum Gasteiger partial charge on any atom is -0.339 e. The van der Waals surface area contributed by atoms with E-state index in [9.17, 15) is 9.59 Å². The van der Waals surface area contributed by atoms with Crippen molar-refractivity contribution in [2.24, 2.45) is 5.92 Å². The minimum atomic E-state index is -0.164. The summed E-state index contributed by atoms with van der Waals surface area (Å²) in [4.78, 5) is 34.0. The standard InChI is InChI=1S/C19H21N3O2S/c23-17-10-12(11-22(17)13-7-8-13)19(24)21-9-3-5-15(21)18-20-14-4-1-2-6-16(14)25-18/h1-2,4,6,12-13,15H,3,5,7-11H2/t12-,15-/m0/s1. The van der Waals surface area contributed by atoms with Gasteiger partial charge in [-0.2, -0.15) is 0 Å². The van der Waals surface area contributed by atoms with Crippen molar-refractivity contribution in [1.82, 2.24) is 14.8 Å². The number of likely N-dealkylation sites (tertiary alicyclic amines) is 2. The normalized spacial score (nSPS) is 26.8. The van der Waals surface area contributed by atoms with E-state index in [1.165, 1.54) is 4.70 Å². The maximum atomic E-state index is 13.1. The van der Waals surface area contributed by atoms with Crippen molar-refractivity contribution in [3.05, 3.63) is 29.3 Å². The highest BCUT2D eigenvalue weighted by molar-refractivity contribution is 7.18. The Morgan fingerprint density at radius 1 is 1.20 bits per heavy atom. The molecule has 1 aromatic heterocycles. The zero-order valence-electron chi connectivity index (χ0n) is 14.1. The Morgan fingerprint density at radius 3 is 2.84 bits per heavy atom. The quantitative estimate of drug-likeness (QED) is 0.850. The van der Waals surface area contributed by atoms with Crippen molar-refractivity contribution in [2.45, 2.75) is 44.2 Å². The number of amides is 2. The van der Waals surface area contributed by atoms with E-state index in [2.05, 4.69) is 6.07 Å². The van der Waals surface area contributed by atoms with E-state index in [0.29, 0.717) is 19.0 Å². The largest absolute Gasteiger partial charge is 0.339 e. The van der Waals surface area contributed by atoms with E-state index in [-0.39, 0.29) is 23.8 Å². The molecule has 1 saturated carbocycles. The molecule has 0 bridgehead atoms. The van der Waals surface area contributed by atoms with E-state index < -0.39 is 0 Å². The fraction of sp³-hybridized carbons (Fsp3) is 0.526. The number of aromatic nitrogens is 1. The second-order valence-electron chi connectivity index (χ2n) is 7.39. The predicted molar refractivity (Wildman–Crippen MR) is 96.2 cm³/mol. The van der Waals surface area contributed by atoms with Crippen LogP contribution in [0, 0.1) is 5.92 Å². The van der Waals surface area contributed by atoms with E-state index in [1.807, 2.05) is 28.0 Å². The third-order valence-electron chi connectivity index (χ3n) is 5.63. The maximum Gasteiger partial charge on any atom is 0.228 e. The SMILES string of the molecule is O=C1C[C@H](C(=O)N2CCC[C@H]2c2nc3ccccc3s2)CN1C1CC1. The van der Waals surface area contributed by atoms with Crippen LogP contribution in [0.3, 0.4) is 0 Å². The molecule has 2 aromatic rings. The number of nitrogens with zero attached hydrogens (tertiary/aromatic N) is 3. The third-order valence-corrected chi connectivity index (χ3v) is 6.76. The van der Waals surface area contributed by atoms with Gasteiger partial charge in [-0.25, -0.2) is 4.98 Å². The van der Waals surface area contributed by atoms with Gasteiger partial charge in [0, 0.05) is 25.6 Å². The van der Waals surface area contributed by atoms with Gasteiger partial charge < -0.3 is 9.80 Å². The van der Waals surface area contributed by atoms with Gasteiger partial charge in [0.15, 0.2) is 0 Å². The summed E-state index contributed by atoms with van der Waals surface area (Å²) in [6, 6.07) is 8.62. The average Bonchev–Trinajstić information content (AvgIpc) is 3.05. The predicted octanol–water partition coefficient (Wildman–Crippen LogP) is 2.97. The molecule has 5 nitrogen and oxygen atoms in total. The first kappa shape index (κ1) is 15.3. The summed E-state index contributed by atoms with van der Waals surface area (Å²) in [5.41, 5.74) is 1.01. The lowest BCUT2D eigenvalue weighted by molar-refractivity contribution is -0.136. The third kappa shape index (κ3) is 2.63. The number of carbonyl (C=O) groups is 2. The second kappa shape index (κ2) is 5.80. The van der Waals surface area contributed by atoms with Crippen LogP contribution in [-0.2, 0) is 9.59 Å². The zero-order chi connectivity index (χ0) is 17.0. The Kier molecular flexibility index (Phi) is 3.55. The van der Waals surface area contributed by atoms with Gasteiger partial charge in [-0.1, -0.05) is 12.1 Å². The summed E-state index contributed by atoms with van der Waals surface area (Å²) in [6.45, 7) is 1.40. The van der Waals surface area contributed by atoms with Gasteiger partial charge >= 0.3 is 0 Å². The first-order valence-electron chi connectivity index (χ1n) is 9.16. The molecule has 2 aliphatic heterocycles. The summed E-state index contributed by atoms with van der Waals surface area (Å²) in [6.07, 6.45) is 4.58. The van der Waals surface area contributed by atoms with Crippen molar-refractivity contribution >= 4 is 33.4 Å². The molecule has 0 N–H and O–H groups in total. The number of hydrogen-bond donors (Lipinski definition) is 0. The summed E-state index contributed by atoms with van der Waals surface area (Å²) in [5, 5.41) is 1.04. The van der Waals surface area contributed by atoms with Gasteiger partial charge in [-0.15, -0.1) is 11.3 Å². The Bertz CT molecular complexity index is 811. The lowest BCUT2D eigenvalue weighted by Crippen LogP contribution is -2.37. The number of carbonyl (C=O) groups excluding carboxylic acids is 2. The Labute approximate surface area is 150 Å². The van der Waals surface area contributed by atoms with Crippen LogP contribution in [0.2, 0.25) is 0 Å². The summed E-state index contributed by atoms with van der Waals surface area (Å²) in [7, 11) is 0. The first-order chi connectivity index (χ1) is 12.2. The van der Waals surface area contributed by atoms with E-state index in [1.54, 1.807) is 11.3 Å². The fourth-order valence-electron chi connectivity index (χ4n) is 4.19. The van der Waals surface area contributed by atoms with Crippen molar-refractivity contribution in [3.63, 3.8) is 0 Å². The lowest BCUT2D eigenvalue weighted by atomic mass is 10.1. The van der Waals surface area contributed by atoms with E-state index in [4.69, 9.17) is 4.98 Å². The Morgan fingerprint density at radius 2 is 2.04 bits per heavy atom. The maximum absolute atomic E-state index is 13.1. The van der Waals surface area contributed by atoms with Gasteiger partial charge in [0.05, 0.1) is 22.2 Å². The van der Waals surface area contributed by atoms with Crippen LogP contribution in [0.15, 0.2) is 24.3 Å². The Balaban J connectivity index is 1.37. The summed E-state index contributed by atoms with van der Waals surface area (Å²) < 4.78 is 1.17. The van der Waals surface area contributed by atoms with Crippen molar-refractivity contribution in [1.29, 1.82) is 0 Å². The lowest BCUT2D eigenvalue weighted by Gasteiger charge is -2.26. The molecule has 0 radical (unpaired) electrons. The van der Waals surface area contributed by atoms with Crippen molar-refractivity contribution < 1.29 is 9.59 Å². The molecule has 2 saturated heterocycles. The fourth-order valence-corrected chi connectivity index (χ4v) is 5.31. The molecule has 25 heavy (non-hydrogen) atoms. The molecule has 5 rings (SSSR count). The number of hydrogen-bond acceptors (Lipinski definition) is 4. The second-order valence-corrected chi connectivity index (χ2v) is 8.45. The van der Waals surface area contributed by atoms with Crippen LogP contribution in [0.25, 0.3) is 10.2 Å². The number of benzene rings is 1. The van der Waals surface area contributed by atoms with Gasteiger partial charge in [0.1, 0.15) is 5.01 Å². The van der Waals surface area contributed by atoms with Crippen molar-refractivity contribution in [2.75, 3.05) is 13.1 Å². The smallest absolute Gasteiger partial charge is 0.228 e. The number of rotatable bonds is 3. The Hall–Kier alpha value is -1.95. The highest BCUT2D eigenvalue weighted by atomic mass is 32.1. The molecule has 1 aromatic carbocycles. The van der Waals surface area contributed by atoms with Crippen LogP contribution < -0.4 is 0 Å². The zero-order valence-corrected chi connectivity index (χ0v) is 14.9. The van der Waals surface area contributed by atoms with Crippen LogP contribution in [0.5, 0.6) is 0 Å². The molecule has 3 aliphatic rings. The van der Waals surface area contributed by atoms with Crippen molar-refractivity contribution in [3.8, 4) is 0 Å². The van der Waals surface area contributed by atoms with Crippen LogP contribution >= 0.6 is 11.3 Å². The minimum absolute atomic E-state index is 0.0787. The molecule has 1 aliphatic carbocycles. The van der Waals surface area contributed by atoms with Gasteiger partial charge in [-0.05, 0) is 37.8 Å². The van der Waals surface area contributed by atoms with Gasteiger partial charge in [0.2, 0.25) is 11.8 Å². The monoisotopic (exact) mass is 355 g/mol. The molecule has 2 atom stereocenters. The molecule has 0 unspecified atom stereocenters. The first-order valence-corrected chi connectivity index (χ1v) is 9.98. The average molecular weight is 355 g/mol. The van der Waals surface area contributed by atoms with Crippen LogP contribution in [0.1, 0.15) is 43.2 Å². The molecule has 2 amide bonds. The summed E-state index contributed by atoms with van der Waals surface area (Å²) >= 11 is 1.69. The molecular formula is C19H21N3O2S. The molecule has 0 spiro atoms. The number of thiazole rings is 1. The summed E-state index contributed by atoms with van der Waals surface area (Å²) in [5.74, 6) is 0.151. The van der Waals surface area contributed by atoms with Gasteiger partial charge in [0.25, 0.3) is 0 Å². The highest BCUT2D eigenvalue weighted by Crippen LogP contribution is 2.39. The van der Waals surface area contributed by atoms with E-state index in [0.717, 1.165) is 42.8 Å². The molecule has 3 fully saturated rings. The van der Waals surface area contributed by atoms with Gasteiger partial charge in [-0.3, -0.25) is 9.59 Å². The molecular weight excluding hydrogens is 334 g/mol. The van der Waals surface area contributed by atoms with E-state index >= 15 is 0 Å². The van der Waals surface area contributed by atoms with Crippen LogP contribution in [0.4, 0.5) is 0 Å². The number of fused-ring (bicyclic) bond motifs is 1. The molecule has 6 heteroatoms. The molecule has 130 valence electrons. The topological polar surface area (TPSA) is 53.5 Å². The highest BCUT2D eigenvalue weighted by Gasteiger charge is 2.44.